The fourth-order valence-corrected chi connectivity index (χ4v) is 3.39. The summed E-state index contributed by atoms with van der Waals surface area (Å²) in [5.41, 5.74) is 3.73. The second-order valence-corrected chi connectivity index (χ2v) is 6.82. The van der Waals surface area contributed by atoms with Crippen molar-refractivity contribution in [3.05, 3.63) is 46.3 Å². The van der Waals surface area contributed by atoms with Crippen LogP contribution < -0.4 is 11.0 Å². The lowest BCUT2D eigenvalue weighted by molar-refractivity contribution is 0.772. The van der Waals surface area contributed by atoms with E-state index in [1.54, 1.807) is 34.1 Å². The van der Waals surface area contributed by atoms with E-state index in [1.165, 1.54) is 0 Å². The van der Waals surface area contributed by atoms with Crippen LogP contribution in [0.3, 0.4) is 0 Å². The Morgan fingerprint density at radius 1 is 1.07 bits per heavy atom. The fraction of sp³-hybridized carbons (Fsp3) is 0.368. The third-order valence-corrected chi connectivity index (χ3v) is 4.91. The van der Waals surface area contributed by atoms with Crippen molar-refractivity contribution in [3.63, 3.8) is 0 Å². The predicted molar refractivity (Wildman–Crippen MR) is 106 cm³/mol. The van der Waals surface area contributed by atoms with Crippen molar-refractivity contribution in [2.75, 3.05) is 5.32 Å². The van der Waals surface area contributed by atoms with Gasteiger partial charge >= 0.3 is 5.69 Å². The van der Waals surface area contributed by atoms with Crippen LogP contribution in [0, 0.1) is 0 Å². The van der Waals surface area contributed by atoms with Crippen molar-refractivity contribution >= 4 is 27.9 Å². The van der Waals surface area contributed by atoms with Crippen molar-refractivity contribution in [3.8, 4) is 0 Å². The van der Waals surface area contributed by atoms with Crippen LogP contribution in [0.25, 0.3) is 22.1 Å². The lowest BCUT2D eigenvalue weighted by Crippen LogP contribution is -2.19. The Labute approximate surface area is 156 Å². The smallest absolute Gasteiger partial charge is 0.328 e. The first-order chi connectivity index (χ1) is 13.0. The molecule has 3 aromatic heterocycles. The Bertz CT molecular complexity index is 1200. The quantitative estimate of drug-likeness (QED) is 0.586. The molecule has 1 N–H and O–H groups in total. The predicted octanol–water partition coefficient (Wildman–Crippen LogP) is 2.12. The van der Waals surface area contributed by atoms with Crippen LogP contribution in [0.15, 0.2) is 29.2 Å². The molecule has 1 aromatic carbocycles. The summed E-state index contributed by atoms with van der Waals surface area (Å²) in [7, 11) is 5.47. The number of aromatic nitrogens is 6. The average Bonchev–Trinajstić information content (AvgIpc) is 3.14. The molecule has 0 spiro atoms. The summed E-state index contributed by atoms with van der Waals surface area (Å²) in [5.74, 6) is 1.61. The number of hydrogen-bond donors (Lipinski definition) is 1. The molecule has 0 aliphatic heterocycles. The first-order valence-electron chi connectivity index (χ1n) is 9.06. The monoisotopic (exact) mass is 365 g/mol. The maximum Gasteiger partial charge on any atom is 0.328 e. The normalized spacial score (nSPS) is 11.6. The van der Waals surface area contributed by atoms with E-state index < -0.39 is 0 Å². The first kappa shape index (κ1) is 17.3. The summed E-state index contributed by atoms with van der Waals surface area (Å²) in [5, 5.41) is 8.64. The Morgan fingerprint density at radius 3 is 2.63 bits per heavy atom. The molecule has 0 aliphatic carbocycles. The molecule has 0 aliphatic rings. The van der Waals surface area contributed by atoms with Crippen LogP contribution in [0.5, 0.6) is 0 Å². The highest BCUT2D eigenvalue weighted by atomic mass is 16.1. The van der Waals surface area contributed by atoms with Crippen LogP contribution >= 0.6 is 0 Å². The van der Waals surface area contributed by atoms with Gasteiger partial charge in [0, 0.05) is 34.1 Å². The van der Waals surface area contributed by atoms with E-state index in [9.17, 15) is 4.79 Å². The van der Waals surface area contributed by atoms with Gasteiger partial charge in [0.25, 0.3) is 0 Å². The SMILES string of the molecule is CCCc1nc(NCc2ccc3c(c2)n(C)c(=O)n3C)c2cnn(C)c2n1. The Kier molecular flexibility index (Phi) is 4.18. The molecule has 0 unspecified atom stereocenters. The number of anilines is 1. The molecular weight excluding hydrogens is 342 g/mol. The molecule has 0 saturated carbocycles. The Balaban J connectivity index is 1.68. The van der Waals surface area contributed by atoms with E-state index in [0.717, 1.165) is 52.1 Å². The number of fused-ring (bicyclic) bond motifs is 2. The van der Waals surface area contributed by atoms with Gasteiger partial charge in [-0.2, -0.15) is 5.10 Å². The number of aryl methyl sites for hydroxylation is 4. The highest BCUT2D eigenvalue weighted by Crippen LogP contribution is 2.21. The molecule has 8 nitrogen and oxygen atoms in total. The molecule has 4 aromatic rings. The van der Waals surface area contributed by atoms with Gasteiger partial charge in [-0.3, -0.25) is 13.8 Å². The summed E-state index contributed by atoms with van der Waals surface area (Å²) in [4.78, 5) is 21.4. The van der Waals surface area contributed by atoms with Gasteiger partial charge in [0.2, 0.25) is 0 Å². The Hall–Kier alpha value is -3.16. The van der Waals surface area contributed by atoms with E-state index >= 15 is 0 Å². The van der Waals surface area contributed by atoms with Crippen molar-refractivity contribution in [1.82, 2.24) is 28.9 Å². The third kappa shape index (κ3) is 2.87. The molecule has 4 rings (SSSR count). The van der Waals surface area contributed by atoms with Crippen LogP contribution in [0.4, 0.5) is 5.82 Å². The second kappa shape index (κ2) is 6.53. The largest absolute Gasteiger partial charge is 0.365 e. The number of benzene rings is 1. The zero-order chi connectivity index (χ0) is 19.1. The maximum atomic E-state index is 12.1. The van der Waals surface area contributed by atoms with E-state index in [0.29, 0.717) is 6.54 Å². The molecule has 3 heterocycles. The first-order valence-corrected chi connectivity index (χ1v) is 9.06. The van der Waals surface area contributed by atoms with Gasteiger partial charge in [-0.1, -0.05) is 13.0 Å². The van der Waals surface area contributed by atoms with Gasteiger partial charge in [-0.25, -0.2) is 14.8 Å². The lowest BCUT2D eigenvalue weighted by Gasteiger charge is -2.09. The highest BCUT2D eigenvalue weighted by molar-refractivity contribution is 5.86. The van der Waals surface area contributed by atoms with Crippen molar-refractivity contribution in [2.24, 2.45) is 21.1 Å². The van der Waals surface area contributed by atoms with Gasteiger partial charge in [-0.15, -0.1) is 0 Å². The standard InChI is InChI=1S/C19H23N7O/c1-5-6-16-22-17(13-11-21-26(4)18(13)23-16)20-10-12-7-8-14-15(9-12)25(3)19(27)24(14)2/h7-9,11H,5-6,10H2,1-4H3,(H,20,22,23). The molecular formula is C19H23N7O. The highest BCUT2D eigenvalue weighted by Gasteiger charge is 2.12. The zero-order valence-electron chi connectivity index (χ0n) is 16.0. The summed E-state index contributed by atoms with van der Waals surface area (Å²) in [6.07, 6.45) is 3.60. The van der Waals surface area contributed by atoms with Gasteiger partial charge in [0.1, 0.15) is 11.6 Å². The molecule has 0 bridgehead atoms. The van der Waals surface area contributed by atoms with Gasteiger partial charge in [0.05, 0.1) is 22.6 Å². The summed E-state index contributed by atoms with van der Waals surface area (Å²) in [6.45, 7) is 2.72. The van der Waals surface area contributed by atoms with Crippen molar-refractivity contribution in [2.45, 2.75) is 26.3 Å². The number of nitrogens with zero attached hydrogens (tertiary/aromatic N) is 6. The van der Waals surface area contributed by atoms with Gasteiger partial charge in [0.15, 0.2) is 5.65 Å². The minimum atomic E-state index is -0.0211. The summed E-state index contributed by atoms with van der Waals surface area (Å²) >= 11 is 0. The van der Waals surface area contributed by atoms with E-state index in [-0.39, 0.29) is 5.69 Å². The third-order valence-electron chi connectivity index (χ3n) is 4.91. The number of imidazole rings is 1. The summed E-state index contributed by atoms with van der Waals surface area (Å²) in [6, 6.07) is 6.05. The minimum absolute atomic E-state index is 0.0211. The van der Waals surface area contributed by atoms with E-state index in [1.807, 2.05) is 25.2 Å². The lowest BCUT2D eigenvalue weighted by atomic mass is 10.2. The van der Waals surface area contributed by atoms with Gasteiger partial charge < -0.3 is 5.32 Å². The van der Waals surface area contributed by atoms with E-state index in [2.05, 4.69) is 27.3 Å². The van der Waals surface area contributed by atoms with E-state index in [4.69, 9.17) is 0 Å². The molecule has 8 heteroatoms. The summed E-state index contributed by atoms with van der Waals surface area (Å²) < 4.78 is 5.10. The molecule has 0 saturated heterocycles. The fourth-order valence-electron chi connectivity index (χ4n) is 3.39. The molecule has 0 radical (unpaired) electrons. The topological polar surface area (TPSA) is 82.6 Å². The molecule has 140 valence electrons. The van der Waals surface area contributed by atoms with Gasteiger partial charge in [-0.05, 0) is 24.1 Å². The van der Waals surface area contributed by atoms with Crippen LogP contribution in [0.2, 0.25) is 0 Å². The van der Waals surface area contributed by atoms with Crippen molar-refractivity contribution in [1.29, 1.82) is 0 Å². The minimum Gasteiger partial charge on any atom is -0.365 e. The van der Waals surface area contributed by atoms with Crippen molar-refractivity contribution < 1.29 is 0 Å². The molecule has 0 atom stereocenters. The molecule has 0 amide bonds. The van der Waals surface area contributed by atoms with Crippen LogP contribution in [0.1, 0.15) is 24.7 Å². The van der Waals surface area contributed by atoms with Crippen LogP contribution in [-0.4, -0.2) is 28.9 Å². The molecule has 0 fully saturated rings. The van der Waals surface area contributed by atoms with Crippen LogP contribution in [-0.2, 0) is 34.1 Å². The average molecular weight is 365 g/mol. The zero-order valence-corrected chi connectivity index (χ0v) is 16.0. The second-order valence-electron chi connectivity index (χ2n) is 6.82. The molecule has 27 heavy (non-hydrogen) atoms. The number of rotatable bonds is 5. The Morgan fingerprint density at radius 2 is 1.85 bits per heavy atom. The number of hydrogen-bond acceptors (Lipinski definition) is 5. The number of nitrogens with one attached hydrogen (secondary N) is 1. The maximum absolute atomic E-state index is 12.1.